The molecule has 0 radical (unpaired) electrons. The van der Waals surface area contributed by atoms with E-state index in [1.54, 1.807) is 12.1 Å². The van der Waals surface area contributed by atoms with Gasteiger partial charge in [-0.2, -0.15) is 0 Å². The third-order valence-electron chi connectivity index (χ3n) is 3.35. The van der Waals surface area contributed by atoms with Gasteiger partial charge < -0.3 is 9.30 Å². The summed E-state index contributed by atoms with van der Waals surface area (Å²) >= 11 is 7.75. The lowest BCUT2D eigenvalue weighted by atomic mass is 10.2. The maximum Gasteiger partial charge on any atom is 0.191 e. The number of rotatable bonds is 6. The predicted molar refractivity (Wildman–Crippen MR) is 94.1 cm³/mol. The molecule has 0 aliphatic carbocycles. The van der Waals surface area contributed by atoms with E-state index in [1.165, 1.54) is 23.9 Å². The lowest BCUT2D eigenvalue weighted by Crippen LogP contribution is -2.02. The molecule has 24 heavy (non-hydrogen) atoms. The average molecular weight is 364 g/mol. The van der Waals surface area contributed by atoms with Crippen LogP contribution in [0.1, 0.15) is 0 Å². The van der Waals surface area contributed by atoms with Crippen molar-refractivity contribution in [3.63, 3.8) is 0 Å². The number of thioether (sulfide) groups is 1. The zero-order chi connectivity index (χ0) is 16.9. The van der Waals surface area contributed by atoms with Gasteiger partial charge in [-0.1, -0.05) is 35.5 Å². The average Bonchev–Trinajstić information content (AvgIpc) is 2.94. The molecule has 0 aliphatic heterocycles. The summed E-state index contributed by atoms with van der Waals surface area (Å²) in [5, 5.41) is 9.85. The predicted octanol–water partition coefficient (Wildman–Crippen LogP) is 4.45. The summed E-state index contributed by atoms with van der Waals surface area (Å²) in [5.74, 6) is 1.79. The summed E-state index contributed by atoms with van der Waals surface area (Å²) in [6.07, 6.45) is 0. The fourth-order valence-corrected chi connectivity index (χ4v) is 3.09. The summed E-state index contributed by atoms with van der Waals surface area (Å²) in [7, 11) is 1.90. The van der Waals surface area contributed by atoms with Gasteiger partial charge in [0.2, 0.25) is 0 Å². The third-order valence-corrected chi connectivity index (χ3v) is 4.66. The van der Waals surface area contributed by atoms with Gasteiger partial charge in [0.1, 0.15) is 11.6 Å². The first-order valence-corrected chi connectivity index (χ1v) is 8.67. The molecule has 4 nitrogen and oxygen atoms in total. The smallest absolute Gasteiger partial charge is 0.191 e. The maximum absolute atomic E-state index is 12.8. The van der Waals surface area contributed by atoms with Crippen LogP contribution in [0.15, 0.2) is 53.7 Å². The van der Waals surface area contributed by atoms with Crippen molar-refractivity contribution in [2.24, 2.45) is 7.05 Å². The Morgan fingerprint density at radius 3 is 2.62 bits per heavy atom. The van der Waals surface area contributed by atoms with Gasteiger partial charge >= 0.3 is 0 Å². The fourth-order valence-electron chi connectivity index (χ4n) is 2.14. The normalized spacial score (nSPS) is 10.8. The molecule has 124 valence electrons. The van der Waals surface area contributed by atoms with E-state index in [4.69, 9.17) is 16.3 Å². The molecule has 0 unspecified atom stereocenters. The van der Waals surface area contributed by atoms with Crippen LogP contribution in [0.5, 0.6) is 5.75 Å². The van der Waals surface area contributed by atoms with Crippen LogP contribution in [0.3, 0.4) is 0 Å². The Morgan fingerprint density at radius 2 is 1.88 bits per heavy atom. The highest BCUT2D eigenvalue weighted by atomic mass is 35.5. The minimum Gasteiger partial charge on any atom is -0.493 e. The highest BCUT2D eigenvalue weighted by Gasteiger charge is 2.13. The van der Waals surface area contributed by atoms with Crippen molar-refractivity contribution in [1.82, 2.24) is 14.8 Å². The molecule has 0 spiro atoms. The second-order valence-corrected chi connectivity index (χ2v) is 6.47. The van der Waals surface area contributed by atoms with Crippen LogP contribution in [0.4, 0.5) is 4.39 Å². The van der Waals surface area contributed by atoms with Crippen LogP contribution >= 0.6 is 23.4 Å². The van der Waals surface area contributed by atoms with Gasteiger partial charge in [-0.15, -0.1) is 10.2 Å². The van der Waals surface area contributed by atoms with Crippen molar-refractivity contribution in [2.45, 2.75) is 5.16 Å². The van der Waals surface area contributed by atoms with Crippen LogP contribution in [-0.2, 0) is 7.05 Å². The maximum atomic E-state index is 12.8. The van der Waals surface area contributed by atoms with Crippen LogP contribution in [0.2, 0.25) is 5.02 Å². The molecule has 0 saturated heterocycles. The molecule has 0 N–H and O–H groups in total. The zero-order valence-electron chi connectivity index (χ0n) is 12.9. The fraction of sp³-hybridized carbons (Fsp3) is 0.176. The number of hydrogen-bond donors (Lipinski definition) is 0. The summed E-state index contributed by atoms with van der Waals surface area (Å²) in [6.45, 7) is 0.491. The van der Waals surface area contributed by atoms with Gasteiger partial charge in [-0.3, -0.25) is 0 Å². The number of nitrogens with zero attached hydrogens (tertiary/aromatic N) is 3. The lowest BCUT2D eigenvalue weighted by molar-refractivity contribution is 0.343. The largest absolute Gasteiger partial charge is 0.493 e. The molecule has 0 saturated carbocycles. The summed E-state index contributed by atoms with van der Waals surface area (Å²) < 4.78 is 20.3. The number of aromatic nitrogens is 3. The molecule has 0 atom stereocenters. The first-order chi connectivity index (χ1) is 11.6. The highest BCUT2D eigenvalue weighted by molar-refractivity contribution is 7.99. The molecule has 3 rings (SSSR count). The van der Waals surface area contributed by atoms with Gasteiger partial charge in [0.15, 0.2) is 11.0 Å². The number of benzene rings is 2. The lowest BCUT2D eigenvalue weighted by Gasteiger charge is -2.07. The van der Waals surface area contributed by atoms with Crippen molar-refractivity contribution in [1.29, 1.82) is 0 Å². The van der Waals surface area contributed by atoms with Crippen molar-refractivity contribution in [3.05, 3.63) is 59.4 Å². The molecule has 0 fully saturated rings. The number of hydrogen-bond acceptors (Lipinski definition) is 4. The van der Waals surface area contributed by atoms with E-state index < -0.39 is 0 Å². The Kier molecular flexibility index (Phi) is 5.37. The second-order valence-electron chi connectivity index (χ2n) is 5.00. The van der Waals surface area contributed by atoms with Crippen molar-refractivity contribution < 1.29 is 9.13 Å². The Labute approximate surface area is 148 Å². The van der Waals surface area contributed by atoms with Gasteiger partial charge in [0.25, 0.3) is 0 Å². The van der Waals surface area contributed by atoms with Gasteiger partial charge in [-0.05, 0) is 36.4 Å². The van der Waals surface area contributed by atoms with E-state index >= 15 is 0 Å². The van der Waals surface area contributed by atoms with Crippen molar-refractivity contribution >= 4 is 23.4 Å². The Bertz CT molecular complexity index is 823. The van der Waals surface area contributed by atoms with Crippen LogP contribution < -0.4 is 4.74 Å². The quantitative estimate of drug-likeness (QED) is 0.479. The zero-order valence-corrected chi connectivity index (χ0v) is 14.5. The molecule has 0 amide bonds. The minimum atomic E-state index is -0.275. The molecule has 1 heterocycles. The molecule has 0 aliphatic rings. The van der Waals surface area contributed by atoms with E-state index in [0.29, 0.717) is 23.1 Å². The Hall–Kier alpha value is -2.05. The van der Waals surface area contributed by atoms with Crippen LogP contribution in [0, 0.1) is 5.82 Å². The molecule has 2 aromatic carbocycles. The van der Waals surface area contributed by atoms with Crippen molar-refractivity contribution in [2.75, 3.05) is 12.4 Å². The van der Waals surface area contributed by atoms with Crippen LogP contribution in [-0.4, -0.2) is 27.1 Å². The van der Waals surface area contributed by atoms with Crippen molar-refractivity contribution in [3.8, 4) is 17.1 Å². The molecular weight excluding hydrogens is 349 g/mol. The van der Waals surface area contributed by atoms with Gasteiger partial charge in [0, 0.05) is 18.4 Å². The van der Waals surface area contributed by atoms with E-state index in [9.17, 15) is 4.39 Å². The molecule has 1 aromatic heterocycles. The summed E-state index contributed by atoms with van der Waals surface area (Å²) in [4.78, 5) is 0. The number of ether oxygens (including phenoxy) is 1. The Balaban J connectivity index is 1.59. The summed E-state index contributed by atoms with van der Waals surface area (Å²) in [6, 6.07) is 13.5. The first kappa shape index (κ1) is 16.8. The molecule has 3 aromatic rings. The second kappa shape index (κ2) is 7.68. The monoisotopic (exact) mass is 363 g/mol. The molecular formula is C17H15ClFN3OS. The van der Waals surface area contributed by atoms with E-state index in [2.05, 4.69) is 10.2 Å². The van der Waals surface area contributed by atoms with Gasteiger partial charge in [0.05, 0.1) is 11.6 Å². The van der Waals surface area contributed by atoms with Gasteiger partial charge in [-0.25, -0.2) is 4.39 Å². The highest BCUT2D eigenvalue weighted by Crippen LogP contribution is 2.28. The molecule has 7 heteroatoms. The third kappa shape index (κ3) is 3.88. The first-order valence-electron chi connectivity index (χ1n) is 7.30. The van der Waals surface area contributed by atoms with E-state index in [1.807, 2.05) is 35.9 Å². The standard InChI is InChI=1S/C17H15ClFN3OS/c1-22-16(14-4-2-3-5-15(14)18)20-21-17(22)24-11-10-23-13-8-6-12(19)7-9-13/h2-9H,10-11H2,1H3. The SMILES string of the molecule is Cn1c(SCCOc2ccc(F)cc2)nnc1-c1ccccc1Cl. The topological polar surface area (TPSA) is 39.9 Å². The van der Waals surface area contributed by atoms with E-state index in [0.717, 1.165) is 16.5 Å². The minimum absolute atomic E-state index is 0.275. The number of halogens is 2. The summed E-state index contributed by atoms with van der Waals surface area (Å²) in [5.41, 5.74) is 0.851. The van der Waals surface area contributed by atoms with E-state index in [-0.39, 0.29) is 5.82 Å². The van der Waals surface area contributed by atoms with Crippen LogP contribution in [0.25, 0.3) is 11.4 Å². The Morgan fingerprint density at radius 1 is 1.12 bits per heavy atom. The molecule has 0 bridgehead atoms.